The molecule has 80 valence electrons. The van der Waals surface area contributed by atoms with Crippen molar-refractivity contribution in [3.05, 3.63) is 0 Å². The van der Waals surface area contributed by atoms with Crippen LogP contribution in [0.5, 0.6) is 0 Å². The molecule has 0 saturated carbocycles. The van der Waals surface area contributed by atoms with Crippen molar-refractivity contribution in [1.82, 2.24) is 10.6 Å². The Labute approximate surface area is 78.7 Å². The molecule has 0 amide bonds. The summed E-state index contributed by atoms with van der Waals surface area (Å²) in [5, 5.41) is 6.40. The van der Waals surface area contributed by atoms with Gasteiger partial charge in [-0.3, -0.25) is 0 Å². The summed E-state index contributed by atoms with van der Waals surface area (Å²) < 4.78 is 0. The molecule has 12 heavy (non-hydrogen) atoms. The summed E-state index contributed by atoms with van der Waals surface area (Å²) in [6.07, 6.45) is 0. The summed E-state index contributed by atoms with van der Waals surface area (Å²) >= 11 is 0. The van der Waals surface area contributed by atoms with Gasteiger partial charge in [-0.2, -0.15) is 0 Å². The fourth-order valence-corrected chi connectivity index (χ4v) is 0.604. The van der Waals surface area contributed by atoms with Gasteiger partial charge < -0.3 is 16.1 Å². The molecular weight excluding hydrogens is 152 g/mol. The highest BCUT2D eigenvalue weighted by atomic mass is 16.0. The van der Waals surface area contributed by atoms with Crippen LogP contribution in [0.25, 0.3) is 0 Å². The van der Waals surface area contributed by atoms with Crippen LogP contribution in [0, 0.1) is 5.92 Å². The molecule has 0 fully saturated rings. The molecule has 0 heterocycles. The van der Waals surface area contributed by atoms with E-state index >= 15 is 0 Å². The van der Waals surface area contributed by atoms with Crippen LogP contribution in [0.1, 0.15) is 29.1 Å². The first kappa shape index (κ1) is 17.8. The fourth-order valence-electron chi connectivity index (χ4n) is 0.604. The quantitative estimate of drug-likeness (QED) is 0.618. The van der Waals surface area contributed by atoms with Gasteiger partial charge >= 0.3 is 0 Å². The highest BCUT2D eigenvalue weighted by molar-refractivity contribution is 4.51. The van der Waals surface area contributed by atoms with Crippen LogP contribution >= 0.6 is 0 Å². The van der Waals surface area contributed by atoms with Crippen LogP contribution in [0.4, 0.5) is 0 Å². The minimum Gasteiger partial charge on any atom is -0.412 e. The van der Waals surface area contributed by atoms with E-state index in [0.29, 0.717) is 0 Å². The van der Waals surface area contributed by atoms with E-state index in [9.17, 15) is 0 Å². The van der Waals surface area contributed by atoms with Crippen LogP contribution in [0.2, 0.25) is 0 Å². The molecule has 0 aromatic carbocycles. The van der Waals surface area contributed by atoms with Crippen LogP contribution in [-0.4, -0.2) is 32.2 Å². The number of hydrogen-bond donors (Lipinski definition) is 2. The van der Waals surface area contributed by atoms with Gasteiger partial charge in [-0.1, -0.05) is 27.7 Å². The summed E-state index contributed by atoms with van der Waals surface area (Å²) in [5.41, 5.74) is 0. The summed E-state index contributed by atoms with van der Waals surface area (Å²) in [5.74, 6) is 0.766. The average molecular weight is 180 g/mol. The van der Waals surface area contributed by atoms with Gasteiger partial charge in [-0.15, -0.1) is 0 Å². The Morgan fingerprint density at radius 3 is 2.00 bits per heavy atom. The number of likely N-dealkylation sites (N-methyl/N-ethyl adjacent to an activating group) is 1. The predicted molar refractivity (Wildman–Crippen MR) is 58.7 cm³/mol. The number of hydrogen-bond acceptors (Lipinski definition) is 2. The summed E-state index contributed by atoms with van der Waals surface area (Å²) in [6, 6.07) is 0. The van der Waals surface area contributed by atoms with E-state index in [0.717, 1.165) is 25.6 Å². The van der Waals surface area contributed by atoms with E-state index in [4.69, 9.17) is 0 Å². The molecule has 0 saturated heterocycles. The Balaban J connectivity index is -0.0000000941. The van der Waals surface area contributed by atoms with E-state index in [1.165, 1.54) is 0 Å². The van der Waals surface area contributed by atoms with Crippen molar-refractivity contribution in [3.63, 3.8) is 0 Å². The van der Waals surface area contributed by atoms with E-state index in [1.54, 1.807) is 0 Å². The number of rotatable bonds is 5. The molecule has 0 atom stereocenters. The third-order valence-corrected chi connectivity index (χ3v) is 1.10. The highest BCUT2D eigenvalue weighted by Crippen LogP contribution is 1.85. The topological polar surface area (TPSA) is 55.6 Å². The van der Waals surface area contributed by atoms with Crippen LogP contribution in [-0.2, 0) is 0 Å². The third kappa shape index (κ3) is 22.5. The first-order valence-electron chi connectivity index (χ1n) is 4.62. The Morgan fingerprint density at radius 1 is 1.17 bits per heavy atom. The molecule has 0 aliphatic carbocycles. The van der Waals surface area contributed by atoms with Gasteiger partial charge in [0.25, 0.3) is 0 Å². The van der Waals surface area contributed by atoms with E-state index < -0.39 is 0 Å². The van der Waals surface area contributed by atoms with Gasteiger partial charge in [0, 0.05) is 14.5 Å². The second-order valence-electron chi connectivity index (χ2n) is 2.70. The van der Waals surface area contributed by atoms with Crippen molar-refractivity contribution in [2.24, 2.45) is 5.92 Å². The maximum Gasteiger partial charge on any atom is 0.00767 e. The van der Waals surface area contributed by atoms with Gasteiger partial charge in [0.1, 0.15) is 0 Å². The lowest BCUT2D eigenvalue weighted by atomic mass is 10.2. The Bertz CT molecular complexity index is 63.6. The molecular formula is C9H28N2O. The molecule has 0 unspecified atom stereocenters. The Kier molecular flexibility index (Phi) is 25.4. The molecule has 4 N–H and O–H groups in total. The van der Waals surface area contributed by atoms with Gasteiger partial charge in [-0.05, 0) is 19.5 Å². The van der Waals surface area contributed by atoms with Crippen molar-refractivity contribution >= 4 is 0 Å². The highest BCUT2D eigenvalue weighted by Gasteiger charge is 1.89. The smallest absolute Gasteiger partial charge is 0.00767 e. The molecule has 0 aliphatic heterocycles. The maximum atomic E-state index is 3.32. The van der Waals surface area contributed by atoms with Crippen molar-refractivity contribution in [3.8, 4) is 0 Å². The maximum absolute atomic E-state index is 3.32. The van der Waals surface area contributed by atoms with Crippen molar-refractivity contribution in [1.29, 1.82) is 0 Å². The lowest BCUT2D eigenvalue weighted by Gasteiger charge is -2.05. The minimum atomic E-state index is 0. The van der Waals surface area contributed by atoms with Crippen LogP contribution in [0.15, 0.2) is 0 Å². The summed E-state index contributed by atoms with van der Waals surface area (Å²) in [4.78, 5) is 0. The summed E-state index contributed by atoms with van der Waals surface area (Å²) in [7, 11) is 1.97. The molecule has 0 spiro atoms. The molecule has 0 aromatic heterocycles. The van der Waals surface area contributed by atoms with Gasteiger partial charge in [-0.25, -0.2) is 0 Å². The predicted octanol–water partition coefficient (Wildman–Crippen LogP) is 0.899. The molecule has 0 rings (SSSR count). The van der Waals surface area contributed by atoms with Crippen molar-refractivity contribution in [2.45, 2.75) is 27.7 Å². The first-order valence-corrected chi connectivity index (χ1v) is 4.62. The third-order valence-electron chi connectivity index (χ3n) is 1.10. The zero-order chi connectivity index (χ0) is 9.11. The molecule has 3 nitrogen and oxygen atoms in total. The van der Waals surface area contributed by atoms with Crippen molar-refractivity contribution < 1.29 is 6.90 Å². The fraction of sp³-hybridized carbons (Fsp3) is 1.00. The monoisotopic (exact) mass is 180 g/mol. The van der Waals surface area contributed by atoms with E-state index in [-0.39, 0.29) is 6.90 Å². The second kappa shape index (κ2) is 17.1. The average Bonchev–Trinajstić information content (AvgIpc) is 2.02. The minimum absolute atomic E-state index is 0. The van der Waals surface area contributed by atoms with Crippen LogP contribution in [0.3, 0.4) is 0 Å². The van der Waals surface area contributed by atoms with Crippen molar-refractivity contribution in [2.75, 3.05) is 26.7 Å². The normalized spacial score (nSPS) is 8.50. The second-order valence-corrected chi connectivity index (χ2v) is 2.70. The van der Waals surface area contributed by atoms with E-state index in [1.807, 2.05) is 20.9 Å². The zero-order valence-corrected chi connectivity index (χ0v) is 9.20. The zero-order valence-electron chi connectivity index (χ0n) is 9.20. The van der Waals surface area contributed by atoms with E-state index in [2.05, 4.69) is 24.5 Å². The number of nitrogens with one attached hydrogen (secondary N) is 2. The largest absolute Gasteiger partial charge is 0.412 e. The molecule has 0 aromatic rings. The lowest BCUT2D eigenvalue weighted by Crippen LogP contribution is -2.27. The first-order chi connectivity index (χ1) is 5.27. The van der Waals surface area contributed by atoms with Crippen LogP contribution < -0.4 is 10.6 Å². The molecule has 0 radical (unpaired) electrons. The SMILES string of the molecule is CC.CNCCNCC(C)C.O.[HH]. The molecule has 3 heteroatoms. The molecule has 0 aliphatic rings. The lowest BCUT2D eigenvalue weighted by molar-refractivity contribution is 0.546. The van der Waals surface area contributed by atoms with Gasteiger partial charge in [0.15, 0.2) is 0 Å². The molecule has 0 bridgehead atoms. The van der Waals surface area contributed by atoms with Gasteiger partial charge in [0.05, 0.1) is 0 Å². The Morgan fingerprint density at radius 2 is 1.67 bits per heavy atom. The Hall–Kier alpha value is -0.120. The standard InChI is InChI=1S/C7H18N2.C2H6.H2O.H2/c1-7(2)6-9-5-4-8-3;1-2;;/h7-9H,4-6H2,1-3H3;1-2H3;1H2;1H. The summed E-state index contributed by atoms with van der Waals surface area (Å²) in [6.45, 7) is 11.7. The van der Waals surface area contributed by atoms with Gasteiger partial charge in [0.2, 0.25) is 0 Å².